The zero-order valence-electron chi connectivity index (χ0n) is 41.1. The number of rotatable bonds is 10. The third-order valence-electron chi connectivity index (χ3n) is 13.4. The van der Waals surface area contributed by atoms with E-state index >= 15 is 0 Å². The van der Waals surface area contributed by atoms with Crippen molar-refractivity contribution in [3.8, 4) is 0 Å². The fourth-order valence-electron chi connectivity index (χ4n) is 9.08. The lowest BCUT2D eigenvalue weighted by atomic mass is 10.0. The number of benzene rings is 2. The first-order valence-corrected chi connectivity index (χ1v) is 26.2. The highest BCUT2D eigenvalue weighted by atomic mass is 32.2. The van der Waals surface area contributed by atoms with Crippen molar-refractivity contribution >= 4 is 43.5 Å². The zero-order chi connectivity index (χ0) is 52.0. The molecule has 0 bridgehead atoms. The number of sulfonamides is 2. The summed E-state index contributed by atoms with van der Waals surface area (Å²) in [6.45, 7) is 22.0. The van der Waals surface area contributed by atoms with Crippen LogP contribution in [0.1, 0.15) is 65.5 Å². The molecule has 386 valence electrons. The number of nitrogens with one attached hydrogen (secondary N) is 2. The van der Waals surface area contributed by atoms with Crippen LogP contribution in [0.2, 0.25) is 0 Å². The predicted octanol–water partition coefficient (Wildman–Crippen LogP) is 4.24. The summed E-state index contributed by atoms with van der Waals surface area (Å²) in [7, 11) is -6.04. The van der Waals surface area contributed by atoms with Crippen LogP contribution in [0.5, 0.6) is 0 Å². The molecule has 6 aliphatic rings. The van der Waals surface area contributed by atoms with E-state index in [1.165, 1.54) is 20.7 Å². The van der Waals surface area contributed by atoms with Crippen molar-refractivity contribution in [3.05, 3.63) is 107 Å². The maximum absolute atomic E-state index is 14.1. The first-order chi connectivity index (χ1) is 33.2. The number of hydrogen-bond donors (Lipinski definition) is 4. The molecule has 23 heteroatoms. The predicted molar refractivity (Wildman–Crippen MR) is 260 cm³/mol. The second-order valence-electron chi connectivity index (χ2n) is 19.4. The van der Waals surface area contributed by atoms with Gasteiger partial charge in [0, 0.05) is 64.9 Å². The summed E-state index contributed by atoms with van der Waals surface area (Å²) in [5, 5.41) is 26.5. The lowest BCUT2D eigenvalue weighted by Crippen LogP contribution is -2.54. The Morgan fingerprint density at radius 3 is 1.58 bits per heavy atom. The molecule has 0 unspecified atom stereocenters. The lowest BCUT2D eigenvalue weighted by molar-refractivity contribution is -0.118. The summed E-state index contributed by atoms with van der Waals surface area (Å²) in [6.07, 6.45) is 1.67. The van der Waals surface area contributed by atoms with Gasteiger partial charge in [-0.2, -0.15) is 8.61 Å². The molecule has 2 aromatic carbocycles. The number of amides is 2. The first-order valence-electron chi connectivity index (χ1n) is 23.3. The molecule has 2 atom stereocenters. The molecule has 0 aromatic heterocycles. The van der Waals surface area contributed by atoms with Crippen LogP contribution < -0.4 is 10.6 Å². The summed E-state index contributed by atoms with van der Waals surface area (Å²) in [5.74, 6) is -2.45. The molecule has 4 saturated heterocycles. The van der Waals surface area contributed by atoms with E-state index in [2.05, 4.69) is 38.7 Å². The van der Waals surface area contributed by atoms with Gasteiger partial charge < -0.3 is 45.0 Å². The summed E-state index contributed by atoms with van der Waals surface area (Å²) in [6, 6.07) is 6.93. The Morgan fingerprint density at radius 1 is 0.718 bits per heavy atom. The van der Waals surface area contributed by atoms with Crippen LogP contribution in [0.15, 0.2) is 104 Å². The average molecular weight is 1030 g/mol. The second kappa shape index (κ2) is 20.5. The third-order valence-corrected chi connectivity index (χ3v) is 17.3. The van der Waals surface area contributed by atoms with Crippen molar-refractivity contribution < 1.29 is 54.9 Å². The van der Waals surface area contributed by atoms with Gasteiger partial charge in [-0.15, -0.1) is 0 Å². The number of halogens is 2. The van der Waals surface area contributed by atoms with E-state index in [1.54, 1.807) is 37.5 Å². The quantitative estimate of drug-likeness (QED) is 0.262. The van der Waals surface area contributed by atoms with Crippen molar-refractivity contribution in [1.82, 2.24) is 33.9 Å². The number of carbonyl (C=O) groups excluding carboxylic acids is 2. The van der Waals surface area contributed by atoms with Gasteiger partial charge in [0.25, 0.3) is 11.8 Å². The standard InChI is InChI=1S/C24H32FN5O5S.C24H31FN4O5S/c1-15-14-29(9-8-28(15)5)36(33,34)19-12-18(25)7-6-17(19)13-26-22(32)20-21(31)16(2)30-10-11-35-24(3,4)23(30)27-20;1-15-6-5-9-28(14-15)35(32,33)19-12-18(25)8-7-17(19)13-26-22(31)20-21(30)16(2)29-10-11-34-24(3,4)23(29)27-20/h6-7,12,15,31H,2,8-11,13-14H2,1,3-5H3,(H,26,32);7-8,12,15,30H,2,5-6,9-11,13-14H2,1,3-4H3,(H,26,31)/t2*15-/m10/s1. The van der Waals surface area contributed by atoms with Crippen LogP contribution >= 0.6 is 0 Å². The van der Waals surface area contributed by atoms with Crippen LogP contribution in [0, 0.1) is 17.6 Å². The van der Waals surface area contributed by atoms with Gasteiger partial charge in [0.1, 0.15) is 34.5 Å². The van der Waals surface area contributed by atoms with Crippen LogP contribution in [0.3, 0.4) is 0 Å². The molecule has 0 aliphatic carbocycles. The second-order valence-corrected chi connectivity index (χ2v) is 23.2. The van der Waals surface area contributed by atoms with Gasteiger partial charge in [-0.1, -0.05) is 32.2 Å². The summed E-state index contributed by atoms with van der Waals surface area (Å²) in [5.41, 5.74) is -1.15. The van der Waals surface area contributed by atoms with Crippen molar-refractivity contribution in [2.24, 2.45) is 15.9 Å². The molecular formula is C48H63F2N9O10S2. The molecule has 0 spiro atoms. The number of amidine groups is 2. The third kappa shape index (κ3) is 11.0. The molecule has 4 N–H and O–H groups in total. The zero-order valence-corrected chi connectivity index (χ0v) is 42.7. The van der Waals surface area contributed by atoms with E-state index in [1.807, 2.05) is 20.9 Å². The Labute approximate surface area is 414 Å². The summed E-state index contributed by atoms with van der Waals surface area (Å²) >= 11 is 0. The Bertz CT molecular complexity index is 2870. The fourth-order valence-corrected chi connectivity index (χ4v) is 12.7. The van der Waals surface area contributed by atoms with E-state index < -0.39 is 54.7 Å². The highest BCUT2D eigenvalue weighted by molar-refractivity contribution is 7.89. The number of piperazine rings is 1. The number of aliphatic imine (C=N–C) groups is 2. The van der Waals surface area contributed by atoms with Crippen molar-refractivity contribution in [2.75, 3.05) is 66.1 Å². The van der Waals surface area contributed by atoms with Gasteiger partial charge in [0.15, 0.2) is 22.9 Å². The molecular weight excluding hydrogens is 965 g/mol. The highest BCUT2D eigenvalue weighted by Crippen LogP contribution is 2.34. The molecule has 2 aromatic rings. The van der Waals surface area contributed by atoms with E-state index in [0.29, 0.717) is 57.6 Å². The molecule has 8 rings (SSSR count). The Hall–Kier alpha value is -5.56. The Kier molecular flexibility index (Phi) is 15.4. The number of hydrogen-bond acceptors (Lipinski definition) is 15. The molecule has 2 amide bonds. The number of morpholine rings is 2. The van der Waals surface area contributed by atoms with Crippen molar-refractivity contribution in [1.29, 1.82) is 0 Å². The lowest BCUT2D eigenvalue weighted by Gasteiger charge is -2.43. The number of fused-ring (bicyclic) bond motifs is 2. The molecule has 71 heavy (non-hydrogen) atoms. The van der Waals surface area contributed by atoms with Gasteiger partial charge in [-0.05, 0) is 95.8 Å². The topological polar surface area (TPSA) is 226 Å². The maximum Gasteiger partial charge on any atom is 0.274 e. The number of carbonyl (C=O) groups is 2. The smallest absolute Gasteiger partial charge is 0.274 e. The van der Waals surface area contributed by atoms with E-state index in [4.69, 9.17) is 9.47 Å². The van der Waals surface area contributed by atoms with Gasteiger partial charge in [0.2, 0.25) is 20.0 Å². The fraction of sp³-hybridized carbons (Fsp3) is 0.500. The number of aliphatic hydroxyl groups is 2. The number of piperidine rings is 1. The van der Waals surface area contributed by atoms with Gasteiger partial charge >= 0.3 is 0 Å². The highest BCUT2D eigenvalue weighted by Gasteiger charge is 2.43. The number of likely N-dealkylation sites (N-methyl/N-ethyl adjacent to an activating group) is 1. The monoisotopic (exact) mass is 1030 g/mol. The van der Waals surface area contributed by atoms with Crippen LogP contribution in [0.4, 0.5) is 8.78 Å². The SMILES string of the molecule is C=C1C(O)=C(C(=O)NCc2ccc(F)cc2S(=O)(=O)N2CCC[C@H](C)C2)N=C2N1CCOC2(C)C.C=C1C(O)=C(C(=O)NCc2ccc(F)cc2S(=O)(=O)N2CCN(C)[C@H](C)C2)N=C2N1CCOC2(C)C. The normalized spacial score (nSPS) is 23.2. The largest absolute Gasteiger partial charge is 0.504 e. The average Bonchev–Trinajstić information content (AvgIpc) is 3.31. The Balaban J connectivity index is 0.000000209. The molecule has 19 nitrogen and oxygen atoms in total. The summed E-state index contributed by atoms with van der Waals surface area (Å²) < 4.78 is 95.9. The van der Waals surface area contributed by atoms with Gasteiger partial charge in [0.05, 0.1) is 34.4 Å². The number of nitrogens with zero attached hydrogens (tertiary/aromatic N) is 7. The van der Waals surface area contributed by atoms with Crippen LogP contribution in [-0.2, 0) is 52.2 Å². The first kappa shape index (κ1) is 53.2. The van der Waals surface area contributed by atoms with Crippen molar-refractivity contribution in [2.45, 2.75) is 94.5 Å². The minimum Gasteiger partial charge on any atom is -0.504 e. The van der Waals surface area contributed by atoms with E-state index in [0.717, 1.165) is 37.1 Å². The molecule has 0 radical (unpaired) electrons. The molecule has 6 aliphatic heterocycles. The van der Waals surface area contributed by atoms with Crippen molar-refractivity contribution in [3.63, 3.8) is 0 Å². The minimum absolute atomic E-state index is 0.00578. The maximum atomic E-state index is 14.1. The van der Waals surface area contributed by atoms with Gasteiger partial charge in [-0.25, -0.2) is 35.6 Å². The minimum atomic E-state index is -4.01. The molecule has 0 saturated carbocycles. The summed E-state index contributed by atoms with van der Waals surface area (Å²) in [4.78, 5) is 39.9. The van der Waals surface area contributed by atoms with Gasteiger partial charge in [-0.3, -0.25) is 9.59 Å². The van der Waals surface area contributed by atoms with Crippen LogP contribution in [-0.4, -0.2) is 157 Å². The number of ether oxygens (including phenoxy) is 2. The Morgan fingerprint density at radius 2 is 1.15 bits per heavy atom. The molecule has 4 fully saturated rings. The van der Waals surface area contributed by atoms with E-state index in [9.17, 15) is 45.4 Å². The van der Waals surface area contributed by atoms with E-state index in [-0.39, 0.29) is 93.4 Å². The molecule has 6 heterocycles. The van der Waals surface area contributed by atoms with Crippen LogP contribution in [0.25, 0.3) is 0 Å². The number of aliphatic hydroxyl groups excluding tert-OH is 2.